The number of hydrogen-bond donors (Lipinski definition) is 2. The first kappa shape index (κ1) is 19.0. The number of rotatable bonds is 5. The van der Waals surface area contributed by atoms with Crippen LogP contribution in [0.2, 0.25) is 0 Å². The Bertz CT molecular complexity index is 955. The summed E-state index contributed by atoms with van der Waals surface area (Å²) in [6.45, 7) is 1.08. The molecule has 4 rings (SSSR count). The lowest BCUT2D eigenvalue weighted by molar-refractivity contribution is -0.131. The topological polar surface area (TPSA) is 101 Å². The molecule has 1 aliphatic heterocycles. The largest absolute Gasteiger partial charge is 0.506 e. The summed E-state index contributed by atoms with van der Waals surface area (Å²) in [5, 5.41) is 11.4. The van der Waals surface area contributed by atoms with E-state index in [1.807, 2.05) is 0 Å². The van der Waals surface area contributed by atoms with Gasteiger partial charge in [0, 0.05) is 31.2 Å². The van der Waals surface area contributed by atoms with Gasteiger partial charge >= 0.3 is 0 Å². The molecule has 0 bridgehead atoms. The summed E-state index contributed by atoms with van der Waals surface area (Å²) >= 11 is 1.61. The SMILES string of the molecule is NCCC(=O)N1CCc2nc(SC3CCC3)n(-c3ccccc3O)c(=O)c2C1. The molecule has 0 spiro atoms. The molecule has 2 heterocycles. The third-order valence-electron chi connectivity index (χ3n) is 5.36. The Morgan fingerprint density at radius 1 is 1.32 bits per heavy atom. The molecule has 0 radical (unpaired) electrons. The molecule has 2 aromatic rings. The molecule has 1 amide bonds. The molecule has 7 nitrogen and oxygen atoms in total. The lowest BCUT2D eigenvalue weighted by Gasteiger charge is -2.30. The Hall–Kier alpha value is -2.32. The zero-order chi connectivity index (χ0) is 19.7. The minimum atomic E-state index is -0.210. The van der Waals surface area contributed by atoms with Gasteiger partial charge in [-0.3, -0.25) is 14.2 Å². The molecular formula is C20H24N4O3S. The van der Waals surface area contributed by atoms with Crippen LogP contribution in [0.4, 0.5) is 0 Å². The summed E-state index contributed by atoms with van der Waals surface area (Å²) in [5.74, 6) is -0.0109. The number of hydrogen-bond acceptors (Lipinski definition) is 6. The fourth-order valence-corrected chi connectivity index (χ4v) is 4.85. The molecule has 1 aliphatic carbocycles. The lowest BCUT2D eigenvalue weighted by Crippen LogP contribution is -2.41. The smallest absolute Gasteiger partial charge is 0.264 e. The lowest BCUT2D eigenvalue weighted by atomic mass is 10.0. The van der Waals surface area contributed by atoms with Crippen LogP contribution in [0.1, 0.15) is 36.9 Å². The zero-order valence-electron chi connectivity index (χ0n) is 15.6. The Labute approximate surface area is 167 Å². The highest BCUT2D eigenvalue weighted by atomic mass is 32.2. The second-order valence-corrected chi connectivity index (χ2v) is 8.49. The number of carbonyl (C=O) groups is 1. The average Bonchev–Trinajstić information content (AvgIpc) is 2.66. The third kappa shape index (κ3) is 3.54. The summed E-state index contributed by atoms with van der Waals surface area (Å²) in [5.41, 5.74) is 7.01. The summed E-state index contributed by atoms with van der Waals surface area (Å²) in [4.78, 5) is 32.2. The van der Waals surface area contributed by atoms with Crippen LogP contribution in [0.3, 0.4) is 0 Å². The van der Waals surface area contributed by atoms with E-state index in [1.54, 1.807) is 40.9 Å². The number of phenols is 1. The number of benzene rings is 1. The van der Waals surface area contributed by atoms with E-state index in [9.17, 15) is 14.7 Å². The van der Waals surface area contributed by atoms with Gasteiger partial charge in [-0.2, -0.15) is 0 Å². The number of para-hydroxylation sites is 2. The van der Waals surface area contributed by atoms with Gasteiger partial charge in [0.2, 0.25) is 5.91 Å². The van der Waals surface area contributed by atoms with Crippen molar-refractivity contribution in [2.45, 2.75) is 49.1 Å². The van der Waals surface area contributed by atoms with Crippen LogP contribution in [0, 0.1) is 0 Å². The number of nitrogens with zero attached hydrogens (tertiary/aromatic N) is 3. The van der Waals surface area contributed by atoms with E-state index in [0.29, 0.717) is 41.2 Å². The molecular weight excluding hydrogens is 376 g/mol. The number of aromatic hydroxyl groups is 1. The molecule has 1 saturated carbocycles. The zero-order valence-corrected chi connectivity index (χ0v) is 16.5. The van der Waals surface area contributed by atoms with Crippen molar-refractivity contribution in [3.8, 4) is 11.4 Å². The van der Waals surface area contributed by atoms with Crippen molar-refractivity contribution >= 4 is 17.7 Å². The Kier molecular flexibility index (Phi) is 5.41. The quantitative estimate of drug-likeness (QED) is 0.743. The fourth-order valence-electron chi connectivity index (χ4n) is 3.53. The first-order valence-electron chi connectivity index (χ1n) is 9.66. The summed E-state index contributed by atoms with van der Waals surface area (Å²) in [7, 11) is 0. The number of aromatic nitrogens is 2. The van der Waals surface area contributed by atoms with Crippen molar-refractivity contribution < 1.29 is 9.90 Å². The Balaban J connectivity index is 1.79. The minimum Gasteiger partial charge on any atom is -0.506 e. The van der Waals surface area contributed by atoms with Gasteiger partial charge in [-0.05, 0) is 25.0 Å². The van der Waals surface area contributed by atoms with Crippen LogP contribution in [-0.4, -0.2) is 43.8 Å². The molecule has 0 unspecified atom stereocenters. The van der Waals surface area contributed by atoms with Crippen molar-refractivity contribution in [1.29, 1.82) is 0 Å². The second-order valence-electron chi connectivity index (χ2n) is 7.22. The van der Waals surface area contributed by atoms with Crippen LogP contribution in [-0.2, 0) is 17.8 Å². The monoisotopic (exact) mass is 400 g/mol. The van der Waals surface area contributed by atoms with Crippen LogP contribution in [0.25, 0.3) is 5.69 Å². The van der Waals surface area contributed by atoms with Crippen molar-refractivity contribution in [2.75, 3.05) is 13.1 Å². The van der Waals surface area contributed by atoms with Gasteiger partial charge < -0.3 is 15.7 Å². The third-order valence-corrected chi connectivity index (χ3v) is 6.65. The molecule has 2 aliphatic rings. The highest BCUT2D eigenvalue weighted by Gasteiger charge is 2.29. The Morgan fingerprint density at radius 2 is 2.11 bits per heavy atom. The molecule has 3 N–H and O–H groups in total. The summed E-state index contributed by atoms with van der Waals surface area (Å²) < 4.78 is 1.51. The molecule has 8 heteroatoms. The van der Waals surface area contributed by atoms with E-state index in [1.165, 1.54) is 11.0 Å². The van der Waals surface area contributed by atoms with Gasteiger partial charge in [-0.25, -0.2) is 4.98 Å². The number of phenolic OH excluding ortho intramolecular Hbond substituents is 1. The van der Waals surface area contributed by atoms with Crippen molar-refractivity contribution in [2.24, 2.45) is 5.73 Å². The van der Waals surface area contributed by atoms with E-state index >= 15 is 0 Å². The maximum Gasteiger partial charge on any atom is 0.264 e. The van der Waals surface area contributed by atoms with Gasteiger partial charge in [-0.1, -0.05) is 30.3 Å². The highest BCUT2D eigenvalue weighted by Crippen LogP contribution is 2.37. The molecule has 1 aromatic carbocycles. The number of carbonyl (C=O) groups excluding carboxylic acids is 1. The molecule has 148 valence electrons. The number of fused-ring (bicyclic) bond motifs is 1. The molecule has 1 aromatic heterocycles. The predicted octanol–water partition coefficient (Wildman–Crippen LogP) is 1.82. The first-order valence-corrected chi connectivity index (χ1v) is 10.5. The molecule has 0 atom stereocenters. The van der Waals surface area contributed by atoms with E-state index in [2.05, 4.69) is 0 Å². The maximum atomic E-state index is 13.4. The van der Waals surface area contributed by atoms with E-state index in [0.717, 1.165) is 18.5 Å². The van der Waals surface area contributed by atoms with Crippen LogP contribution >= 0.6 is 11.8 Å². The van der Waals surface area contributed by atoms with E-state index in [4.69, 9.17) is 10.7 Å². The summed E-state index contributed by atoms with van der Waals surface area (Å²) in [6, 6.07) is 6.80. The van der Waals surface area contributed by atoms with Gasteiger partial charge in [0.1, 0.15) is 5.75 Å². The minimum absolute atomic E-state index is 0.0358. The first-order chi connectivity index (χ1) is 13.6. The van der Waals surface area contributed by atoms with E-state index in [-0.39, 0.29) is 30.2 Å². The molecule has 1 fully saturated rings. The average molecular weight is 401 g/mol. The standard InChI is InChI=1S/C20H24N4O3S/c21-10-8-18(26)23-11-9-15-14(12-23)19(27)24(16-6-1-2-7-17(16)25)20(22-15)28-13-4-3-5-13/h1-2,6-7,13,25H,3-5,8-12,21H2. The van der Waals surface area contributed by atoms with Crippen molar-refractivity contribution in [3.63, 3.8) is 0 Å². The highest BCUT2D eigenvalue weighted by molar-refractivity contribution is 7.99. The van der Waals surface area contributed by atoms with Crippen LogP contribution in [0.15, 0.2) is 34.2 Å². The Morgan fingerprint density at radius 3 is 2.79 bits per heavy atom. The van der Waals surface area contributed by atoms with Gasteiger partial charge in [0.05, 0.1) is 23.5 Å². The molecule has 0 saturated heterocycles. The normalized spacial score (nSPS) is 16.5. The number of thioether (sulfide) groups is 1. The molecule has 28 heavy (non-hydrogen) atoms. The van der Waals surface area contributed by atoms with Crippen LogP contribution in [0.5, 0.6) is 5.75 Å². The van der Waals surface area contributed by atoms with Crippen LogP contribution < -0.4 is 11.3 Å². The second kappa shape index (κ2) is 7.97. The number of amides is 1. The predicted molar refractivity (Wildman–Crippen MR) is 108 cm³/mol. The van der Waals surface area contributed by atoms with Gasteiger partial charge in [0.25, 0.3) is 5.56 Å². The van der Waals surface area contributed by atoms with Gasteiger partial charge in [0.15, 0.2) is 5.16 Å². The maximum absolute atomic E-state index is 13.4. The number of nitrogens with two attached hydrogens (primary N) is 1. The van der Waals surface area contributed by atoms with E-state index < -0.39 is 0 Å². The van der Waals surface area contributed by atoms with Gasteiger partial charge in [-0.15, -0.1) is 0 Å². The van der Waals surface area contributed by atoms with Crippen molar-refractivity contribution in [3.05, 3.63) is 45.9 Å². The van der Waals surface area contributed by atoms with Crippen molar-refractivity contribution in [1.82, 2.24) is 14.5 Å². The summed E-state index contributed by atoms with van der Waals surface area (Å²) in [6.07, 6.45) is 4.24. The fraction of sp³-hybridized carbons (Fsp3) is 0.450.